The number of hydrogen-bond donors (Lipinski definition) is 0. The summed E-state index contributed by atoms with van der Waals surface area (Å²) in [5, 5.41) is 0. The van der Waals surface area contributed by atoms with E-state index in [0.717, 1.165) is 18.3 Å². The van der Waals surface area contributed by atoms with Crippen LogP contribution in [0, 0.1) is 5.92 Å². The highest BCUT2D eigenvalue weighted by atomic mass is 16.5. The molecule has 2 atom stereocenters. The fourth-order valence-corrected chi connectivity index (χ4v) is 1.51. The first kappa shape index (κ1) is 11.9. The van der Waals surface area contributed by atoms with Crippen LogP contribution < -0.4 is 0 Å². The molecule has 0 bridgehead atoms. The zero-order chi connectivity index (χ0) is 11.1. The van der Waals surface area contributed by atoms with E-state index in [-0.39, 0.29) is 12.0 Å². The molecule has 15 heavy (non-hydrogen) atoms. The van der Waals surface area contributed by atoms with E-state index in [2.05, 4.69) is 0 Å². The van der Waals surface area contributed by atoms with Gasteiger partial charge in [-0.3, -0.25) is 0 Å². The minimum absolute atomic E-state index is 0.0290. The van der Waals surface area contributed by atoms with Crippen molar-refractivity contribution in [3.63, 3.8) is 0 Å². The van der Waals surface area contributed by atoms with Gasteiger partial charge in [-0.1, -0.05) is 44.2 Å². The molecule has 0 aromatic heterocycles. The van der Waals surface area contributed by atoms with Gasteiger partial charge in [0, 0.05) is 5.92 Å². The van der Waals surface area contributed by atoms with Crippen molar-refractivity contribution >= 4 is 6.29 Å². The van der Waals surface area contributed by atoms with Gasteiger partial charge in [-0.05, 0) is 12.0 Å². The number of rotatable bonds is 6. The molecule has 1 rings (SSSR count). The molecule has 0 fully saturated rings. The first-order valence-corrected chi connectivity index (χ1v) is 5.38. The third-order valence-corrected chi connectivity index (χ3v) is 2.51. The molecule has 0 spiro atoms. The Kier molecular flexibility index (Phi) is 5.05. The van der Waals surface area contributed by atoms with Crippen LogP contribution in [0.5, 0.6) is 0 Å². The Morgan fingerprint density at radius 2 is 2.00 bits per heavy atom. The molecule has 0 aliphatic rings. The van der Waals surface area contributed by atoms with Gasteiger partial charge in [0.2, 0.25) is 0 Å². The van der Waals surface area contributed by atoms with Crippen molar-refractivity contribution in [2.24, 2.45) is 5.92 Å². The van der Waals surface area contributed by atoms with E-state index in [1.54, 1.807) is 0 Å². The Morgan fingerprint density at radius 3 is 2.53 bits per heavy atom. The molecule has 82 valence electrons. The molecule has 0 saturated carbocycles. The fraction of sp³-hybridized carbons (Fsp3) is 0.462. The fourth-order valence-electron chi connectivity index (χ4n) is 1.51. The molecule has 0 heterocycles. The predicted molar refractivity (Wildman–Crippen MR) is 60.5 cm³/mol. The average molecular weight is 206 g/mol. The van der Waals surface area contributed by atoms with Crippen LogP contribution in [0.25, 0.3) is 0 Å². The van der Waals surface area contributed by atoms with Crippen LogP contribution in [0.1, 0.15) is 25.8 Å². The standard InChI is InChI=1S/C13H18O2/c1-3-13(11(2)9-14)15-10-12-7-5-4-6-8-12/h4-9,11,13H,3,10H2,1-2H3/t11-,13-/m1/s1. The molecule has 0 radical (unpaired) electrons. The quantitative estimate of drug-likeness (QED) is 0.669. The van der Waals surface area contributed by atoms with E-state index in [4.69, 9.17) is 4.74 Å². The Labute approximate surface area is 91.3 Å². The normalized spacial score (nSPS) is 14.5. The molecule has 2 nitrogen and oxygen atoms in total. The van der Waals surface area contributed by atoms with Gasteiger partial charge in [0.15, 0.2) is 0 Å². The van der Waals surface area contributed by atoms with Gasteiger partial charge in [-0.2, -0.15) is 0 Å². The summed E-state index contributed by atoms with van der Waals surface area (Å²) in [6, 6.07) is 10.0. The van der Waals surface area contributed by atoms with Crippen LogP contribution in [-0.2, 0) is 16.1 Å². The highest BCUT2D eigenvalue weighted by molar-refractivity contribution is 5.53. The summed E-state index contributed by atoms with van der Waals surface area (Å²) in [7, 11) is 0. The lowest BCUT2D eigenvalue weighted by atomic mass is 10.0. The highest BCUT2D eigenvalue weighted by Crippen LogP contribution is 2.12. The van der Waals surface area contributed by atoms with Gasteiger partial charge >= 0.3 is 0 Å². The molecule has 2 heteroatoms. The lowest BCUT2D eigenvalue weighted by Gasteiger charge is -2.18. The van der Waals surface area contributed by atoms with Gasteiger partial charge in [-0.25, -0.2) is 0 Å². The number of ether oxygens (including phenoxy) is 1. The molecule has 1 aromatic rings. The van der Waals surface area contributed by atoms with E-state index in [0.29, 0.717) is 6.61 Å². The first-order valence-electron chi connectivity index (χ1n) is 5.38. The van der Waals surface area contributed by atoms with Gasteiger partial charge < -0.3 is 9.53 Å². The maximum absolute atomic E-state index is 10.6. The third-order valence-electron chi connectivity index (χ3n) is 2.51. The van der Waals surface area contributed by atoms with Gasteiger partial charge in [0.25, 0.3) is 0 Å². The van der Waals surface area contributed by atoms with Crippen LogP contribution in [0.4, 0.5) is 0 Å². The number of benzene rings is 1. The Hall–Kier alpha value is -1.15. The van der Waals surface area contributed by atoms with Crippen LogP contribution in [0.15, 0.2) is 30.3 Å². The Bertz CT molecular complexity index is 282. The lowest BCUT2D eigenvalue weighted by Crippen LogP contribution is -2.21. The summed E-state index contributed by atoms with van der Waals surface area (Å²) in [5.74, 6) is -0.0290. The van der Waals surface area contributed by atoms with Crippen molar-refractivity contribution < 1.29 is 9.53 Å². The van der Waals surface area contributed by atoms with Crippen molar-refractivity contribution in [3.8, 4) is 0 Å². The SMILES string of the molecule is CC[C@@H](OCc1ccccc1)[C@H](C)C=O. The molecule has 0 aliphatic carbocycles. The maximum atomic E-state index is 10.6. The van der Waals surface area contributed by atoms with E-state index < -0.39 is 0 Å². The zero-order valence-electron chi connectivity index (χ0n) is 9.35. The molecule has 0 N–H and O–H groups in total. The second-order valence-corrected chi connectivity index (χ2v) is 3.74. The first-order chi connectivity index (χ1) is 7.27. The van der Waals surface area contributed by atoms with Crippen LogP contribution in [0.2, 0.25) is 0 Å². The van der Waals surface area contributed by atoms with Gasteiger partial charge in [0.1, 0.15) is 6.29 Å². The number of aldehydes is 1. The molecule has 0 amide bonds. The summed E-state index contributed by atoms with van der Waals surface area (Å²) in [6.07, 6.45) is 1.86. The van der Waals surface area contributed by atoms with Crippen LogP contribution >= 0.6 is 0 Å². The molecule has 0 aliphatic heterocycles. The van der Waals surface area contributed by atoms with E-state index >= 15 is 0 Å². The van der Waals surface area contributed by atoms with E-state index in [1.807, 2.05) is 44.2 Å². The number of carbonyl (C=O) groups is 1. The predicted octanol–water partition coefficient (Wildman–Crippen LogP) is 2.82. The minimum atomic E-state index is -0.0290. The van der Waals surface area contributed by atoms with Crippen LogP contribution in [0.3, 0.4) is 0 Å². The second-order valence-electron chi connectivity index (χ2n) is 3.74. The summed E-state index contributed by atoms with van der Waals surface area (Å²) >= 11 is 0. The van der Waals surface area contributed by atoms with Gasteiger partial charge in [-0.15, -0.1) is 0 Å². The number of carbonyl (C=O) groups excluding carboxylic acids is 1. The highest BCUT2D eigenvalue weighted by Gasteiger charge is 2.14. The molecular weight excluding hydrogens is 188 g/mol. The lowest BCUT2D eigenvalue weighted by molar-refractivity contribution is -0.115. The van der Waals surface area contributed by atoms with Crippen molar-refractivity contribution in [1.29, 1.82) is 0 Å². The topological polar surface area (TPSA) is 26.3 Å². The Morgan fingerprint density at radius 1 is 1.33 bits per heavy atom. The largest absolute Gasteiger partial charge is 0.373 e. The summed E-state index contributed by atoms with van der Waals surface area (Å²) in [6.45, 7) is 4.51. The van der Waals surface area contributed by atoms with Crippen molar-refractivity contribution in [2.45, 2.75) is 33.0 Å². The molecule has 0 unspecified atom stereocenters. The zero-order valence-corrected chi connectivity index (χ0v) is 9.35. The second kappa shape index (κ2) is 6.36. The molecule has 1 aromatic carbocycles. The summed E-state index contributed by atoms with van der Waals surface area (Å²) < 4.78 is 5.70. The van der Waals surface area contributed by atoms with Crippen molar-refractivity contribution in [2.75, 3.05) is 0 Å². The van der Waals surface area contributed by atoms with Crippen molar-refractivity contribution in [1.82, 2.24) is 0 Å². The monoisotopic (exact) mass is 206 g/mol. The average Bonchev–Trinajstić information content (AvgIpc) is 2.31. The summed E-state index contributed by atoms with van der Waals surface area (Å²) in [5.41, 5.74) is 1.15. The maximum Gasteiger partial charge on any atom is 0.125 e. The molecular formula is C13H18O2. The summed E-state index contributed by atoms with van der Waals surface area (Å²) in [4.78, 5) is 10.6. The van der Waals surface area contributed by atoms with Crippen LogP contribution in [-0.4, -0.2) is 12.4 Å². The smallest absolute Gasteiger partial charge is 0.125 e. The van der Waals surface area contributed by atoms with E-state index in [9.17, 15) is 4.79 Å². The van der Waals surface area contributed by atoms with E-state index in [1.165, 1.54) is 0 Å². The Balaban J connectivity index is 2.44. The van der Waals surface area contributed by atoms with Crippen molar-refractivity contribution in [3.05, 3.63) is 35.9 Å². The third kappa shape index (κ3) is 3.84. The number of hydrogen-bond acceptors (Lipinski definition) is 2. The molecule has 0 saturated heterocycles. The van der Waals surface area contributed by atoms with Gasteiger partial charge in [0.05, 0.1) is 12.7 Å². The minimum Gasteiger partial charge on any atom is -0.373 e.